The molecule has 156 valence electrons. The highest BCUT2D eigenvalue weighted by Gasteiger charge is 2.09. The van der Waals surface area contributed by atoms with Gasteiger partial charge in [0.25, 0.3) is 0 Å². The van der Waals surface area contributed by atoms with Crippen LogP contribution in [0.25, 0.3) is 21.8 Å². The average Bonchev–Trinajstić information content (AvgIpc) is 3.25. The lowest BCUT2D eigenvalue weighted by atomic mass is 10.2. The summed E-state index contributed by atoms with van der Waals surface area (Å²) < 4.78 is 13.8. The van der Waals surface area contributed by atoms with E-state index in [1.54, 1.807) is 0 Å². The summed E-state index contributed by atoms with van der Waals surface area (Å²) >= 11 is 0. The van der Waals surface area contributed by atoms with E-state index < -0.39 is 0 Å². The van der Waals surface area contributed by atoms with Crippen molar-refractivity contribution in [1.29, 1.82) is 5.26 Å². The number of hydrogen-bond acceptors (Lipinski definition) is 4. The molecule has 5 nitrogen and oxygen atoms in total. The fraction of sp³-hybridized carbons (Fsp3) is 0.111. The summed E-state index contributed by atoms with van der Waals surface area (Å²) in [7, 11) is 0. The summed E-state index contributed by atoms with van der Waals surface area (Å²) in [4.78, 5) is 4.68. The third-order valence-corrected chi connectivity index (χ3v) is 5.34. The van der Waals surface area contributed by atoms with Crippen molar-refractivity contribution >= 4 is 21.8 Å². The van der Waals surface area contributed by atoms with Crippen molar-refractivity contribution in [3.63, 3.8) is 0 Å². The molecule has 0 spiro atoms. The quantitative estimate of drug-likeness (QED) is 0.339. The average molecular weight is 419 g/mol. The molecular weight excluding hydrogens is 398 g/mol. The molecule has 0 bridgehead atoms. The van der Waals surface area contributed by atoms with Crippen molar-refractivity contribution in [2.75, 3.05) is 6.61 Å². The molecule has 0 aliphatic rings. The molecule has 0 N–H and O–H groups in total. The number of benzene rings is 3. The number of rotatable bonds is 7. The number of hydrogen-bond donors (Lipinski definition) is 0. The van der Waals surface area contributed by atoms with Gasteiger partial charge < -0.3 is 14.0 Å². The van der Waals surface area contributed by atoms with Crippen molar-refractivity contribution in [1.82, 2.24) is 9.55 Å². The Morgan fingerprint density at radius 2 is 1.72 bits per heavy atom. The van der Waals surface area contributed by atoms with Gasteiger partial charge in [0.05, 0.1) is 16.7 Å². The molecule has 0 saturated carbocycles. The van der Waals surface area contributed by atoms with Crippen molar-refractivity contribution in [2.45, 2.75) is 13.2 Å². The molecule has 0 fully saturated rings. The Morgan fingerprint density at radius 1 is 0.844 bits per heavy atom. The number of para-hydroxylation sites is 2. The van der Waals surface area contributed by atoms with Gasteiger partial charge in [0.2, 0.25) is 0 Å². The molecule has 0 radical (unpaired) electrons. The van der Waals surface area contributed by atoms with Crippen molar-refractivity contribution < 1.29 is 9.47 Å². The van der Waals surface area contributed by atoms with Gasteiger partial charge in [-0.15, -0.1) is 0 Å². The Hall–Kier alpha value is -4.30. The van der Waals surface area contributed by atoms with E-state index in [0.29, 0.717) is 18.9 Å². The zero-order valence-electron chi connectivity index (χ0n) is 17.4. The molecule has 0 atom stereocenters. The second-order valence-corrected chi connectivity index (χ2v) is 7.52. The summed E-state index contributed by atoms with van der Waals surface area (Å²) in [5.74, 6) is 1.51. The maximum Gasteiger partial charge on any atom is 0.174 e. The molecule has 32 heavy (non-hydrogen) atoms. The Kier molecular flexibility index (Phi) is 5.42. The fourth-order valence-electron chi connectivity index (χ4n) is 3.86. The summed E-state index contributed by atoms with van der Waals surface area (Å²) in [5.41, 5.74) is 3.96. The van der Waals surface area contributed by atoms with Gasteiger partial charge in [0.1, 0.15) is 24.2 Å². The third-order valence-electron chi connectivity index (χ3n) is 5.34. The van der Waals surface area contributed by atoms with Crippen LogP contribution in [0.3, 0.4) is 0 Å². The number of pyridine rings is 1. The molecule has 0 unspecified atom stereocenters. The molecule has 0 aliphatic carbocycles. The SMILES string of the molecule is N#CCOc1cccc2ccn(Cc3cccc(OCc4ccc5ccccc5n4)c3)c12. The van der Waals surface area contributed by atoms with E-state index >= 15 is 0 Å². The molecule has 5 heteroatoms. The summed E-state index contributed by atoms with van der Waals surface area (Å²) in [6.45, 7) is 1.10. The second kappa shape index (κ2) is 8.83. The normalized spacial score (nSPS) is 10.8. The monoisotopic (exact) mass is 419 g/mol. The highest BCUT2D eigenvalue weighted by Crippen LogP contribution is 2.28. The van der Waals surface area contributed by atoms with E-state index in [-0.39, 0.29) is 6.61 Å². The number of nitrogens with zero attached hydrogens (tertiary/aromatic N) is 3. The van der Waals surface area contributed by atoms with Gasteiger partial charge in [-0.1, -0.05) is 48.5 Å². The van der Waals surface area contributed by atoms with E-state index in [4.69, 9.17) is 14.7 Å². The van der Waals surface area contributed by atoms with Gasteiger partial charge in [-0.3, -0.25) is 0 Å². The number of ether oxygens (including phenoxy) is 2. The minimum atomic E-state index is 0.0242. The lowest BCUT2D eigenvalue weighted by Gasteiger charge is -2.12. The number of fused-ring (bicyclic) bond motifs is 2. The van der Waals surface area contributed by atoms with E-state index in [1.165, 1.54) is 0 Å². The van der Waals surface area contributed by atoms with E-state index in [9.17, 15) is 0 Å². The van der Waals surface area contributed by atoms with Crippen LogP contribution in [0.5, 0.6) is 11.5 Å². The molecule has 5 rings (SSSR count). The standard InChI is InChI=1S/C27H21N3O2/c28-14-16-31-26-10-4-7-22-13-15-30(27(22)26)18-20-5-3-8-24(17-20)32-19-23-12-11-21-6-1-2-9-25(21)29-23/h1-13,15,17H,16,18-19H2. The topological polar surface area (TPSA) is 60.1 Å². The van der Waals surface area contributed by atoms with Gasteiger partial charge in [0.15, 0.2) is 6.61 Å². The first-order valence-electron chi connectivity index (χ1n) is 10.4. The number of aromatic nitrogens is 2. The van der Waals surface area contributed by atoms with E-state index in [1.807, 2.05) is 72.9 Å². The highest BCUT2D eigenvalue weighted by molar-refractivity contribution is 5.86. The first-order valence-corrected chi connectivity index (χ1v) is 10.4. The Morgan fingerprint density at radius 3 is 2.66 bits per heavy atom. The molecule has 5 aromatic rings. The smallest absolute Gasteiger partial charge is 0.174 e. The molecule has 2 aromatic heterocycles. The van der Waals surface area contributed by atoms with Gasteiger partial charge in [0, 0.05) is 23.5 Å². The maximum absolute atomic E-state index is 8.87. The van der Waals surface area contributed by atoms with Gasteiger partial charge in [-0.25, -0.2) is 4.98 Å². The first-order chi connectivity index (χ1) is 15.8. The summed E-state index contributed by atoms with van der Waals surface area (Å²) in [6.07, 6.45) is 2.04. The molecule has 0 amide bonds. The lowest BCUT2D eigenvalue weighted by Crippen LogP contribution is -2.02. The predicted molar refractivity (Wildman–Crippen MR) is 125 cm³/mol. The van der Waals surface area contributed by atoms with Crippen molar-refractivity contribution in [3.8, 4) is 17.6 Å². The number of nitriles is 1. The summed E-state index contributed by atoms with van der Waals surface area (Å²) in [6, 6.07) is 30.2. The van der Waals surface area contributed by atoms with Gasteiger partial charge in [-0.05, 0) is 42.0 Å². The third kappa shape index (κ3) is 4.12. The van der Waals surface area contributed by atoms with Crippen LogP contribution < -0.4 is 9.47 Å². The fourth-order valence-corrected chi connectivity index (χ4v) is 3.86. The Labute approximate surface area is 186 Å². The molecule has 0 aliphatic heterocycles. The Bertz CT molecular complexity index is 1430. The van der Waals surface area contributed by atoms with E-state index in [2.05, 4.69) is 33.8 Å². The van der Waals surface area contributed by atoms with Crippen LogP contribution in [0, 0.1) is 11.3 Å². The minimum absolute atomic E-state index is 0.0242. The maximum atomic E-state index is 8.87. The van der Waals surface area contributed by atoms with Crippen LogP contribution in [-0.2, 0) is 13.2 Å². The minimum Gasteiger partial charge on any atom is -0.487 e. The van der Waals surface area contributed by atoms with Crippen molar-refractivity contribution in [2.24, 2.45) is 0 Å². The largest absolute Gasteiger partial charge is 0.487 e. The molecule has 0 saturated heterocycles. The van der Waals surface area contributed by atoms with Crippen LogP contribution in [-0.4, -0.2) is 16.2 Å². The van der Waals surface area contributed by atoms with Crippen LogP contribution >= 0.6 is 0 Å². The summed E-state index contributed by atoms with van der Waals surface area (Å²) in [5, 5.41) is 11.1. The van der Waals surface area contributed by atoms with Crippen LogP contribution in [0.2, 0.25) is 0 Å². The molecule has 2 heterocycles. The zero-order chi connectivity index (χ0) is 21.8. The van der Waals surface area contributed by atoms with Crippen LogP contribution in [0.4, 0.5) is 0 Å². The molecule has 3 aromatic carbocycles. The van der Waals surface area contributed by atoms with Gasteiger partial charge >= 0.3 is 0 Å². The van der Waals surface area contributed by atoms with Gasteiger partial charge in [-0.2, -0.15) is 5.26 Å². The van der Waals surface area contributed by atoms with E-state index in [0.717, 1.165) is 38.8 Å². The molecular formula is C27H21N3O2. The predicted octanol–water partition coefficient (Wildman–Crippen LogP) is 5.72. The van der Waals surface area contributed by atoms with Crippen molar-refractivity contribution in [3.05, 3.63) is 102 Å². The van der Waals surface area contributed by atoms with Crippen LogP contribution in [0.1, 0.15) is 11.3 Å². The Balaban J connectivity index is 1.33. The second-order valence-electron chi connectivity index (χ2n) is 7.52. The highest BCUT2D eigenvalue weighted by atomic mass is 16.5. The van der Waals surface area contributed by atoms with Crippen LogP contribution in [0.15, 0.2) is 91.1 Å². The zero-order valence-corrected chi connectivity index (χ0v) is 17.4. The first kappa shape index (κ1) is 19.7. The lowest BCUT2D eigenvalue weighted by molar-refractivity contribution is 0.301.